The van der Waals surface area contributed by atoms with Crippen molar-refractivity contribution in [3.63, 3.8) is 0 Å². The van der Waals surface area contributed by atoms with E-state index in [4.69, 9.17) is 10.2 Å². The Balaban J connectivity index is 2.51. The summed E-state index contributed by atoms with van der Waals surface area (Å²) in [6, 6.07) is 0.313. The molecule has 0 spiro atoms. The highest BCUT2D eigenvalue weighted by atomic mass is 16.4. The second-order valence-electron chi connectivity index (χ2n) is 5.98. The van der Waals surface area contributed by atoms with Gasteiger partial charge >= 0.3 is 5.97 Å². The topological polar surface area (TPSA) is 81.0 Å². The normalized spacial score (nSPS) is 28.0. The molecule has 0 atom stereocenters. The summed E-state index contributed by atoms with van der Waals surface area (Å²) in [6.45, 7) is 5.63. The van der Waals surface area contributed by atoms with E-state index in [1.54, 1.807) is 0 Å². The summed E-state index contributed by atoms with van der Waals surface area (Å²) in [5, 5.41) is 28.5. The first-order chi connectivity index (χ1) is 8.88. The van der Waals surface area contributed by atoms with E-state index in [-0.39, 0.29) is 12.5 Å². The SMILES string of the molecule is CC(C)N(CCCO)CC1(O)CCC(C(=O)O)CC1. The van der Waals surface area contributed by atoms with E-state index in [1.807, 2.05) is 0 Å². The third kappa shape index (κ3) is 5.09. The number of hydrogen-bond acceptors (Lipinski definition) is 4. The zero-order chi connectivity index (χ0) is 14.5. The number of hydrogen-bond donors (Lipinski definition) is 3. The number of aliphatic carboxylic acids is 1. The van der Waals surface area contributed by atoms with Crippen molar-refractivity contribution < 1.29 is 20.1 Å². The molecule has 1 rings (SSSR count). The largest absolute Gasteiger partial charge is 0.481 e. The van der Waals surface area contributed by atoms with Crippen LogP contribution < -0.4 is 0 Å². The number of carboxylic acids is 1. The van der Waals surface area contributed by atoms with Crippen LogP contribution in [0, 0.1) is 5.92 Å². The van der Waals surface area contributed by atoms with Gasteiger partial charge in [0.1, 0.15) is 0 Å². The van der Waals surface area contributed by atoms with Gasteiger partial charge < -0.3 is 15.3 Å². The van der Waals surface area contributed by atoms with Gasteiger partial charge in [-0.25, -0.2) is 0 Å². The number of aliphatic hydroxyl groups is 2. The molecular formula is C14H27NO4. The van der Waals surface area contributed by atoms with Crippen LogP contribution in [0.15, 0.2) is 0 Å². The molecule has 0 amide bonds. The van der Waals surface area contributed by atoms with Crippen LogP contribution in [0.3, 0.4) is 0 Å². The number of nitrogens with zero attached hydrogens (tertiary/aromatic N) is 1. The third-order valence-corrected chi connectivity index (χ3v) is 4.10. The highest BCUT2D eigenvalue weighted by Gasteiger charge is 2.37. The molecule has 0 bridgehead atoms. The zero-order valence-electron chi connectivity index (χ0n) is 12.0. The van der Waals surface area contributed by atoms with Crippen molar-refractivity contribution in [2.24, 2.45) is 5.92 Å². The molecule has 1 aliphatic carbocycles. The summed E-state index contributed by atoms with van der Waals surface area (Å²) in [5.74, 6) is -1.05. The first kappa shape index (κ1) is 16.4. The van der Waals surface area contributed by atoms with Crippen molar-refractivity contribution >= 4 is 5.97 Å². The molecule has 0 saturated heterocycles. The fourth-order valence-corrected chi connectivity index (χ4v) is 2.73. The Bertz CT molecular complexity index is 285. The number of carboxylic acid groups (broad SMARTS) is 1. The van der Waals surface area contributed by atoms with Gasteiger partial charge in [0.15, 0.2) is 0 Å². The molecule has 0 aromatic heterocycles. The van der Waals surface area contributed by atoms with Crippen LogP contribution in [0.2, 0.25) is 0 Å². The van der Waals surface area contributed by atoms with Crippen LogP contribution in [0.25, 0.3) is 0 Å². The Labute approximate surface area is 115 Å². The number of carbonyl (C=O) groups is 1. The Morgan fingerprint density at radius 3 is 2.37 bits per heavy atom. The van der Waals surface area contributed by atoms with Crippen LogP contribution in [-0.2, 0) is 4.79 Å². The van der Waals surface area contributed by atoms with Crippen molar-refractivity contribution in [2.45, 2.75) is 57.6 Å². The average Bonchev–Trinajstić information content (AvgIpc) is 2.34. The second kappa shape index (κ2) is 7.22. The monoisotopic (exact) mass is 273 g/mol. The molecule has 3 N–H and O–H groups in total. The lowest BCUT2D eigenvalue weighted by molar-refractivity contribution is -0.145. The summed E-state index contributed by atoms with van der Waals surface area (Å²) >= 11 is 0. The van der Waals surface area contributed by atoms with E-state index in [2.05, 4.69) is 18.7 Å². The predicted octanol–water partition coefficient (Wildman–Crippen LogP) is 1.09. The lowest BCUT2D eigenvalue weighted by atomic mass is 9.78. The fraction of sp³-hybridized carbons (Fsp3) is 0.929. The predicted molar refractivity (Wildman–Crippen MR) is 73.0 cm³/mol. The van der Waals surface area contributed by atoms with Crippen molar-refractivity contribution in [3.05, 3.63) is 0 Å². The maximum atomic E-state index is 10.9. The Kier molecular flexibility index (Phi) is 6.23. The van der Waals surface area contributed by atoms with E-state index < -0.39 is 11.6 Å². The number of rotatable bonds is 7. The van der Waals surface area contributed by atoms with Crippen molar-refractivity contribution in [1.82, 2.24) is 4.90 Å². The van der Waals surface area contributed by atoms with Gasteiger partial charge in [-0.05, 0) is 46.0 Å². The molecule has 0 heterocycles. The molecule has 1 fully saturated rings. The van der Waals surface area contributed by atoms with Gasteiger partial charge in [-0.3, -0.25) is 9.69 Å². The Hall–Kier alpha value is -0.650. The summed E-state index contributed by atoms with van der Waals surface area (Å²) in [7, 11) is 0. The summed E-state index contributed by atoms with van der Waals surface area (Å²) in [5.41, 5.74) is -0.772. The van der Waals surface area contributed by atoms with Gasteiger partial charge in [0.25, 0.3) is 0 Å². The van der Waals surface area contributed by atoms with Crippen LogP contribution >= 0.6 is 0 Å². The lowest BCUT2D eigenvalue weighted by Crippen LogP contribution is -2.48. The van der Waals surface area contributed by atoms with Crippen LogP contribution in [0.1, 0.15) is 46.0 Å². The van der Waals surface area contributed by atoms with Crippen molar-refractivity contribution in [2.75, 3.05) is 19.7 Å². The second-order valence-corrected chi connectivity index (χ2v) is 5.98. The van der Waals surface area contributed by atoms with Gasteiger partial charge in [-0.15, -0.1) is 0 Å². The molecule has 0 aliphatic heterocycles. The van der Waals surface area contributed by atoms with Crippen molar-refractivity contribution in [3.8, 4) is 0 Å². The molecule has 0 aromatic rings. The van der Waals surface area contributed by atoms with E-state index in [9.17, 15) is 9.90 Å². The van der Waals surface area contributed by atoms with Gasteiger partial charge in [0, 0.05) is 25.7 Å². The molecule has 5 nitrogen and oxygen atoms in total. The minimum atomic E-state index is -0.772. The zero-order valence-corrected chi connectivity index (χ0v) is 12.0. The molecule has 112 valence electrons. The maximum absolute atomic E-state index is 10.9. The first-order valence-corrected chi connectivity index (χ1v) is 7.18. The number of aliphatic hydroxyl groups excluding tert-OH is 1. The standard InChI is InChI=1S/C14H27NO4/c1-11(2)15(8-3-9-16)10-14(19)6-4-12(5-7-14)13(17)18/h11-12,16,19H,3-10H2,1-2H3,(H,17,18). The molecule has 19 heavy (non-hydrogen) atoms. The summed E-state index contributed by atoms with van der Waals surface area (Å²) < 4.78 is 0. The van der Waals surface area contributed by atoms with Gasteiger partial charge in [0.05, 0.1) is 11.5 Å². The fourth-order valence-electron chi connectivity index (χ4n) is 2.73. The van der Waals surface area contributed by atoms with Crippen molar-refractivity contribution in [1.29, 1.82) is 0 Å². The van der Waals surface area contributed by atoms with Gasteiger partial charge in [-0.2, -0.15) is 0 Å². The quantitative estimate of drug-likeness (QED) is 0.647. The highest BCUT2D eigenvalue weighted by molar-refractivity contribution is 5.70. The molecule has 0 unspecified atom stereocenters. The molecule has 0 aromatic carbocycles. The van der Waals surface area contributed by atoms with E-state index >= 15 is 0 Å². The van der Waals surface area contributed by atoms with Gasteiger partial charge in [0.2, 0.25) is 0 Å². The smallest absolute Gasteiger partial charge is 0.306 e. The minimum absolute atomic E-state index is 0.155. The van der Waals surface area contributed by atoms with E-state index in [1.165, 1.54) is 0 Å². The van der Waals surface area contributed by atoms with Crippen LogP contribution in [0.4, 0.5) is 0 Å². The maximum Gasteiger partial charge on any atom is 0.306 e. The molecule has 1 aliphatic rings. The Morgan fingerprint density at radius 2 is 1.95 bits per heavy atom. The summed E-state index contributed by atoms with van der Waals surface area (Å²) in [4.78, 5) is 13.1. The molecule has 0 radical (unpaired) electrons. The molecule has 5 heteroatoms. The van der Waals surface area contributed by atoms with Gasteiger partial charge in [-0.1, -0.05) is 0 Å². The highest BCUT2D eigenvalue weighted by Crippen LogP contribution is 2.33. The van der Waals surface area contributed by atoms with E-state index in [0.717, 1.165) is 6.54 Å². The van der Waals surface area contributed by atoms with Crippen LogP contribution in [0.5, 0.6) is 0 Å². The first-order valence-electron chi connectivity index (χ1n) is 7.18. The lowest BCUT2D eigenvalue weighted by Gasteiger charge is -2.40. The minimum Gasteiger partial charge on any atom is -0.481 e. The average molecular weight is 273 g/mol. The van der Waals surface area contributed by atoms with E-state index in [0.29, 0.717) is 44.7 Å². The Morgan fingerprint density at radius 1 is 1.37 bits per heavy atom. The molecular weight excluding hydrogens is 246 g/mol. The molecule has 1 saturated carbocycles. The third-order valence-electron chi connectivity index (χ3n) is 4.10. The van der Waals surface area contributed by atoms with Crippen LogP contribution in [-0.4, -0.2) is 57.5 Å². The summed E-state index contributed by atoms with van der Waals surface area (Å²) in [6.07, 6.45) is 2.90.